The minimum atomic E-state index is -0.119. The van der Waals surface area contributed by atoms with Gasteiger partial charge in [0.2, 0.25) is 0 Å². The summed E-state index contributed by atoms with van der Waals surface area (Å²) in [6, 6.07) is 13.7. The number of nitrogens with two attached hydrogens (primary N) is 2. The molecule has 0 aliphatic heterocycles. The molecule has 0 spiro atoms. The lowest BCUT2D eigenvalue weighted by Gasteiger charge is -2.08. The zero-order valence-corrected chi connectivity index (χ0v) is 18.9. The first-order chi connectivity index (χ1) is 15.4. The Balaban J connectivity index is 1.66. The molecular weight excluding hydrogens is 398 g/mol. The van der Waals surface area contributed by atoms with Crippen molar-refractivity contribution in [2.24, 2.45) is 11.5 Å². The van der Waals surface area contributed by atoms with Crippen LogP contribution < -0.4 is 16.8 Å². The number of pyridine rings is 2. The van der Waals surface area contributed by atoms with E-state index in [0.29, 0.717) is 25.1 Å². The number of carbonyl (C=O) groups is 1. The van der Waals surface area contributed by atoms with E-state index >= 15 is 0 Å². The third-order valence-electron chi connectivity index (χ3n) is 5.36. The SMILES string of the molecule is C/C(=C\C=C(/C)C(C)N)CNC(=O)c1ccnc(Cc2ccc3nc(CN)ccc3c2)c1. The van der Waals surface area contributed by atoms with E-state index < -0.39 is 0 Å². The van der Waals surface area contributed by atoms with E-state index in [-0.39, 0.29) is 11.9 Å². The predicted molar refractivity (Wildman–Crippen MR) is 130 cm³/mol. The minimum absolute atomic E-state index is 0.0196. The quantitative estimate of drug-likeness (QED) is 0.474. The van der Waals surface area contributed by atoms with E-state index in [2.05, 4.69) is 21.4 Å². The Morgan fingerprint density at radius 2 is 1.91 bits per heavy atom. The molecule has 32 heavy (non-hydrogen) atoms. The number of aromatic nitrogens is 2. The number of rotatable bonds is 8. The summed E-state index contributed by atoms with van der Waals surface area (Å²) < 4.78 is 0. The Morgan fingerprint density at radius 3 is 2.66 bits per heavy atom. The summed E-state index contributed by atoms with van der Waals surface area (Å²) in [5.41, 5.74) is 18.0. The molecule has 6 nitrogen and oxygen atoms in total. The van der Waals surface area contributed by atoms with Crippen LogP contribution in [0, 0.1) is 0 Å². The molecule has 1 unspecified atom stereocenters. The maximum Gasteiger partial charge on any atom is 0.251 e. The number of hydrogen-bond donors (Lipinski definition) is 3. The van der Waals surface area contributed by atoms with Crippen LogP contribution in [0.5, 0.6) is 0 Å². The lowest BCUT2D eigenvalue weighted by Crippen LogP contribution is -2.25. The molecule has 0 aliphatic carbocycles. The second-order valence-corrected chi connectivity index (χ2v) is 8.14. The average molecular weight is 430 g/mol. The van der Waals surface area contributed by atoms with Crippen LogP contribution in [0.4, 0.5) is 0 Å². The van der Waals surface area contributed by atoms with Crippen LogP contribution in [0.1, 0.15) is 48.1 Å². The monoisotopic (exact) mass is 429 g/mol. The topological polar surface area (TPSA) is 107 Å². The maximum absolute atomic E-state index is 12.6. The number of allylic oxidation sites excluding steroid dienone is 2. The highest BCUT2D eigenvalue weighted by molar-refractivity contribution is 5.94. The van der Waals surface area contributed by atoms with Gasteiger partial charge >= 0.3 is 0 Å². The van der Waals surface area contributed by atoms with Gasteiger partial charge in [0.1, 0.15) is 0 Å². The van der Waals surface area contributed by atoms with Gasteiger partial charge < -0.3 is 16.8 Å². The minimum Gasteiger partial charge on any atom is -0.348 e. The van der Waals surface area contributed by atoms with Crippen LogP contribution >= 0.6 is 0 Å². The Kier molecular flexibility index (Phi) is 7.87. The summed E-state index contributed by atoms with van der Waals surface area (Å²) in [6.07, 6.45) is 6.29. The standard InChI is InChI=1S/C26H31N5O/c1-17(4-5-18(2)19(3)28)16-30-26(32)22-10-11-29-24(14-22)13-20-6-9-25-21(12-20)7-8-23(15-27)31-25/h4-12,14,19H,13,15-16,27-28H2,1-3H3,(H,30,32)/b17-4+,18-5+. The van der Waals surface area contributed by atoms with Gasteiger partial charge in [-0.15, -0.1) is 0 Å². The molecule has 0 saturated carbocycles. The van der Waals surface area contributed by atoms with Crippen molar-refractivity contribution in [3.63, 3.8) is 0 Å². The smallest absolute Gasteiger partial charge is 0.251 e. The van der Waals surface area contributed by atoms with Gasteiger partial charge in [0.05, 0.1) is 11.2 Å². The fourth-order valence-electron chi connectivity index (χ4n) is 3.17. The second kappa shape index (κ2) is 10.8. The number of carbonyl (C=O) groups excluding carboxylic acids is 1. The Morgan fingerprint density at radius 1 is 1.09 bits per heavy atom. The number of amides is 1. The third-order valence-corrected chi connectivity index (χ3v) is 5.36. The third kappa shape index (κ3) is 6.33. The van der Waals surface area contributed by atoms with Gasteiger partial charge in [-0.25, -0.2) is 0 Å². The molecule has 5 N–H and O–H groups in total. The summed E-state index contributed by atoms with van der Waals surface area (Å²) in [5.74, 6) is -0.119. The zero-order valence-electron chi connectivity index (χ0n) is 18.9. The molecule has 0 radical (unpaired) electrons. The Bertz CT molecular complexity index is 1160. The number of benzene rings is 1. The van der Waals surface area contributed by atoms with Gasteiger partial charge in [-0.3, -0.25) is 14.8 Å². The van der Waals surface area contributed by atoms with Crippen molar-refractivity contribution in [3.05, 3.63) is 94.5 Å². The van der Waals surface area contributed by atoms with Crippen molar-refractivity contribution in [3.8, 4) is 0 Å². The fourth-order valence-corrected chi connectivity index (χ4v) is 3.17. The summed E-state index contributed by atoms with van der Waals surface area (Å²) in [4.78, 5) is 21.6. The number of hydrogen-bond acceptors (Lipinski definition) is 5. The van der Waals surface area contributed by atoms with E-state index in [0.717, 1.165) is 39.0 Å². The normalized spacial score (nSPS) is 13.3. The van der Waals surface area contributed by atoms with E-state index in [1.54, 1.807) is 12.3 Å². The van der Waals surface area contributed by atoms with E-state index in [1.807, 2.05) is 63.3 Å². The summed E-state index contributed by atoms with van der Waals surface area (Å²) in [7, 11) is 0. The highest BCUT2D eigenvalue weighted by Gasteiger charge is 2.08. The zero-order chi connectivity index (χ0) is 23.1. The molecule has 166 valence electrons. The molecule has 3 aromatic rings. The molecular formula is C26H31N5O. The van der Waals surface area contributed by atoms with E-state index in [1.165, 1.54) is 0 Å². The van der Waals surface area contributed by atoms with Gasteiger partial charge in [0, 0.05) is 48.4 Å². The molecule has 0 saturated heterocycles. The highest BCUT2D eigenvalue weighted by Crippen LogP contribution is 2.17. The highest BCUT2D eigenvalue weighted by atomic mass is 16.1. The van der Waals surface area contributed by atoms with Gasteiger partial charge in [-0.1, -0.05) is 35.4 Å². The van der Waals surface area contributed by atoms with Crippen molar-refractivity contribution in [2.75, 3.05) is 6.54 Å². The number of fused-ring (bicyclic) bond motifs is 1. The Labute approximate surface area is 189 Å². The average Bonchev–Trinajstić information content (AvgIpc) is 2.80. The van der Waals surface area contributed by atoms with Crippen molar-refractivity contribution < 1.29 is 4.79 Å². The van der Waals surface area contributed by atoms with Gasteiger partial charge in [-0.05, 0) is 56.7 Å². The van der Waals surface area contributed by atoms with E-state index in [9.17, 15) is 4.79 Å². The van der Waals surface area contributed by atoms with Crippen molar-refractivity contribution in [2.45, 2.75) is 39.8 Å². The van der Waals surface area contributed by atoms with Crippen LogP contribution in [0.3, 0.4) is 0 Å². The first kappa shape index (κ1) is 23.3. The summed E-state index contributed by atoms with van der Waals surface area (Å²) >= 11 is 0. The second-order valence-electron chi connectivity index (χ2n) is 8.14. The van der Waals surface area contributed by atoms with E-state index in [4.69, 9.17) is 11.5 Å². The molecule has 0 fully saturated rings. The first-order valence-electron chi connectivity index (χ1n) is 10.8. The van der Waals surface area contributed by atoms with Crippen LogP contribution in [0.2, 0.25) is 0 Å². The number of nitrogens with one attached hydrogen (secondary N) is 1. The Hall–Kier alpha value is -3.35. The van der Waals surface area contributed by atoms with Crippen molar-refractivity contribution in [1.82, 2.24) is 15.3 Å². The van der Waals surface area contributed by atoms with Gasteiger partial charge in [-0.2, -0.15) is 0 Å². The molecule has 0 bridgehead atoms. The predicted octanol–water partition coefficient (Wildman–Crippen LogP) is 3.65. The van der Waals surface area contributed by atoms with Crippen LogP contribution in [-0.2, 0) is 13.0 Å². The maximum atomic E-state index is 12.6. The largest absolute Gasteiger partial charge is 0.348 e. The molecule has 1 amide bonds. The molecule has 0 aliphatic rings. The van der Waals surface area contributed by atoms with Crippen LogP contribution in [0.25, 0.3) is 10.9 Å². The first-order valence-corrected chi connectivity index (χ1v) is 10.8. The molecule has 2 heterocycles. The lowest BCUT2D eigenvalue weighted by atomic mass is 10.0. The molecule has 2 aromatic heterocycles. The van der Waals surface area contributed by atoms with Crippen molar-refractivity contribution >= 4 is 16.8 Å². The number of nitrogens with zero attached hydrogens (tertiary/aromatic N) is 2. The summed E-state index contributed by atoms with van der Waals surface area (Å²) in [6.45, 7) is 6.82. The molecule has 6 heteroatoms. The van der Waals surface area contributed by atoms with Gasteiger partial charge in [0.15, 0.2) is 0 Å². The van der Waals surface area contributed by atoms with Crippen LogP contribution in [-0.4, -0.2) is 28.5 Å². The summed E-state index contributed by atoms with van der Waals surface area (Å²) in [5, 5.41) is 4.02. The molecule has 3 rings (SSSR count). The van der Waals surface area contributed by atoms with Crippen molar-refractivity contribution in [1.29, 1.82) is 0 Å². The van der Waals surface area contributed by atoms with Crippen LogP contribution in [0.15, 0.2) is 72.0 Å². The molecule has 1 atom stereocenters. The molecule has 1 aromatic carbocycles. The van der Waals surface area contributed by atoms with Gasteiger partial charge in [0.25, 0.3) is 5.91 Å². The lowest BCUT2D eigenvalue weighted by molar-refractivity contribution is 0.0956. The fraction of sp³-hybridized carbons (Fsp3) is 0.269.